The summed E-state index contributed by atoms with van der Waals surface area (Å²) < 4.78 is 5.59. The molecule has 0 heterocycles. The molecule has 0 aliphatic heterocycles. The lowest BCUT2D eigenvalue weighted by Gasteiger charge is -2.07. The third-order valence-corrected chi connectivity index (χ3v) is 3.94. The Hall–Kier alpha value is -1.94. The highest BCUT2D eigenvalue weighted by Gasteiger charge is 2.02. The number of aromatic carboxylic acids is 1. The fourth-order valence-electron chi connectivity index (χ4n) is 1.90. The Kier molecular flexibility index (Phi) is 5.69. The average molecular weight is 302 g/mol. The van der Waals surface area contributed by atoms with Crippen LogP contribution in [0.15, 0.2) is 48.5 Å². The SMILES string of the molecule is Cc1cccc(CSCCOc2ccc(C(=O)O)cc2)c1. The van der Waals surface area contributed by atoms with E-state index in [-0.39, 0.29) is 5.56 Å². The van der Waals surface area contributed by atoms with Gasteiger partial charge in [-0.1, -0.05) is 29.8 Å². The first kappa shape index (κ1) is 15.4. The maximum Gasteiger partial charge on any atom is 0.335 e. The van der Waals surface area contributed by atoms with Gasteiger partial charge in [0.25, 0.3) is 0 Å². The van der Waals surface area contributed by atoms with Crippen LogP contribution in [0.5, 0.6) is 5.75 Å². The minimum Gasteiger partial charge on any atom is -0.493 e. The van der Waals surface area contributed by atoms with E-state index >= 15 is 0 Å². The molecule has 0 saturated carbocycles. The van der Waals surface area contributed by atoms with Gasteiger partial charge in [-0.2, -0.15) is 11.8 Å². The topological polar surface area (TPSA) is 46.5 Å². The lowest BCUT2D eigenvalue weighted by atomic mass is 10.2. The number of rotatable bonds is 7. The zero-order valence-electron chi connectivity index (χ0n) is 11.9. The van der Waals surface area contributed by atoms with E-state index in [2.05, 4.69) is 31.2 Å². The van der Waals surface area contributed by atoms with Gasteiger partial charge in [-0.15, -0.1) is 0 Å². The molecule has 0 amide bonds. The highest BCUT2D eigenvalue weighted by Crippen LogP contribution is 2.15. The second-order valence-electron chi connectivity index (χ2n) is 4.72. The van der Waals surface area contributed by atoms with E-state index < -0.39 is 5.97 Å². The maximum absolute atomic E-state index is 10.7. The van der Waals surface area contributed by atoms with Crippen LogP contribution in [0, 0.1) is 6.92 Å². The van der Waals surface area contributed by atoms with E-state index in [1.165, 1.54) is 11.1 Å². The van der Waals surface area contributed by atoms with E-state index in [4.69, 9.17) is 9.84 Å². The van der Waals surface area contributed by atoms with Crippen molar-refractivity contribution in [2.24, 2.45) is 0 Å². The smallest absolute Gasteiger partial charge is 0.335 e. The molecule has 0 radical (unpaired) electrons. The first-order valence-corrected chi connectivity index (χ1v) is 7.90. The monoisotopic (exact) mass is 302 g/mol. The summed E-state index contributed by atoms with van der Waals surface area (Å²) >= 11 is 1.82. The lowest BCUT2D eigenvalue weighted by molar-refractivity contribution is 0.0697. The summed E-state index contributed by atoms with van der Waals surface area (Å²) in [5.41, 5.74) is 2.88. The van der Waals surface area contributed by atoms with Crippen LogP contribution >= 0.6 is 11.8 Å². The fraction of sp³-hybridized carbons (Fsp3) is 0.235. The van der Waals surface area contributed by atoms with Crippen molar-refractivity contribution in [1.29, 1.82) is 0 Å². The molecule has 0 aromatic heterocycles. The first-order valence-electron chi connectivity index (χ1n) is 6.74. The summed E-state index contributed by atoms with van der Waals surface area (Å²) in [5, 5.41) is 8.81. The second kappa shape index (κ2) is 7.74. The van der Waals surface area contributed by atoms with Crippen LogP contribution in [0.1, 0.15) is 21.5 Å². The number of aryl methyl sites for hydroxylation is 1. The van der Waals surface area contributed by atoms with Crippen LogP contribution in [-0.4, -0.2) is 23.4 Å². The highest BCUT2D eigenvalue weighted by molar-refractivity contribution is 7.98. The largest absolute Gasteiger partial charge is 0.493 e. The van der Waals surface area contributed by atoms with Crippen molar-refractivity contribution >= 4 is 17.7 Å². The first-order chi connectivity index (χ1) is 10.1. The van der Waals surface area contributed by atoms with Gasteiger partial charge in [0.05, 0.1) is 12.2 Å². The molecule has 0 saturated heterocycles. The number of hydrogen-bond donors (Lipinski definition) is 1. The van der Waals surface area contributed by atoms with Crippen LogP contribution in [0.4, 0.5) is 0 Å². The second-order valence-corrected chi connectivity index (χ2v) is 5.82. The van der Waals surface area contributed by atoms with Gasteiger partial charge in [0, 0.05) is 11.5 Å². The number of ether oxygens (including phenoxy) is 1. The van der Waals surface area contributed by atoms with E-state index in [9.17, 15) is 4.79 Å². The maximum atomic E-state index is 10.7. The van der Waals surface area contributed by atoms with E-state index in [0.29, 0.717) is 12.4 Å². The Morgan fingerprint density at radius 1 is 1.19 bits per heavy atom. The molecule has 1 N–H and O–H groups in total. The van der Waals surface area contributed by atoms with Gasteiger partial charge >= 0.3 is 5.97 Å². The average Bonchev–Trinajstić information content (AvgIpc) is 2.47. The molecule has 3 nitrogen and oxygen atoms in total. The van der Waals surface area contributed by atoms with Crippen LogP contribution in [0.3, 0.4) is 0 Å². The van der Waals surface area contributed by atoms with Crippen LogP contribution in [-0.2, 0) is 5.75 Å². The van der Waals surface area contributed by atoms with Crippen LogP contribution in [0.25, 0.3) is 0 Å². The van der Waals surface area contributed by atoms with Crippen molar-refractivity contribution in [1.82, 2.24) is 0 Å². The molecular weight excluding hydrogens is 284 g/mol. The molecule has 2 rings (SSSR count). The van der Waals surface area contributed by atoms with Crippen molar-refractivity contribution < 1.29 is 14.6 Å². The van der Waals surface area contributed by atoms with Gasteiger partial charge in [-0.25, -0.2) is 4.79 Å². The Balaban J connectivity index is 1.69. The van der Waals surface area contributed by atoms with Crippen molar-refractivity contribution in [3.63, 3.8) is 0 Å². The summed E-state index contributed by atoms with van der Waals surface area (Å²) in [6, 6.07) is 15.0. The fourth-order valence-corrected chi connectivity index (χ4v) is 2.66. The minimum atomic E-state index is -0.921. The molecule has 2 aromatic carbocycles. The summed E-state index contributed by atoms with van der Waals surface area (Å²) in [6.07, 6.45) is 0. The zero-order chi connectivity index (χ0) is 15.1. The van der Waals surface area contributed by atoms with Gasteiger partial charge in [-0.3, -0.25) is 0 Å². The quantitative estimate of drug-likeness (QED) is 0.785. The third kappa shape index (κ3) is 5.16. The molecule has 110 valence electrons. The number of carbonyl (C=O) groups is 1. The summed E-state index contributed by atoms with van der Waals surface area (Å²) in [5.74, 6) is 1.66. The van der Waals surface area contributed by atoms with Gasteiger partial charge in [0.1, 0.15) is 5.75 Å². The van der Waals surface area contributed by atoms with Crippen LogP contribution < -0.4 is 4.74 Å². The number of carboxylic acids is 1. The number of hydrogen-bond acceptors (Lipinski definition) is 3. The molecule has 0 bridgehead atoms. The van der Waals surface area contributed by atoms with E-state index in [0.717, 1.165) is 11.5 Å². The van der Waals surface area contributed by atoms with Crippen molar-refractivity contribution in [3.05, 3.63) is 65.2 Å². The normalized spacial score (nSPS) is 10.3. The number of carboxylic acid groups (broad SMARTS) is 1. The van der Waals surface area contributed by atoms with Gasteiger partial charge in [0.15, 0.2) is 0 Å². The van der Waals surface area contributed by atoms with Crippen molar-refractivity contribution in [2.75, 3.05) is 12.4 Å². The molecular formula is C17H18O3S. The third-order valence-electron chi connectivity index (χ3n) is 2.95. The summed E-state index contributed by atoms with van der Waals surface area (Å²) in [4.78, 5) is 10.7. The van der Waals surface area contributed by atoms with Gasteiger partial charge in [-0.05, 0) is 36.8 Å². The van der Waals surface area contributed by atoms with Gasteiger partial charge in [0.2, 0.25) is 0 Å². The predicted molar refractivity (Wildman–Crippen MR) is 86.2 cm³/mol. The predicted octanol–water partition coefficient (Wildman–Crippen LogP) is 4.01. The summed E-state index contributed by atoms with van der Waals surface area (Å²) in [6.45, 7) is 2.71. The van der Waals surface area contributed by atoms with Crippen molar-refractivity contribution in [2.45, 2.75) is 12.7 Å². The molecule has 0 spiro atoms. The molecule has 21 heavy (non-hydrogen) atoms. The number of thioether (sulfide) groups is 1. The summed E-state index contributed by atoms with van der Waals surface area (Å²) in [7, 11) is 0. The molecule has 0 aliphatic rings. The number of benzene rings is 2. The molecule has 0 atom stereocenters. The Morgan fingerprint density at radius 2 is 1.95 bits per heavy atom. The standard InChI is InChI=1S/C17H18O3S/c1-13-3-2-4-14(11-13)12-21-10-9-20-16-7-5-15(6-8-16)17(18)19/h2-8,11H,9-10,12H2,1H3,(H,18,19). The minimum absolute atomic E-state index is 0.274. The van der Waals surface area contributed by atoms with E-state index in [1.54, 1.807) is 24.3 Å². The molecule has 0 fully saturated rings. The Morgan fingerprint density at radius 3 is 2.62 bits per heavy atom. The molecule has 0 unspecified atom stereocenters. The lowest BCUT2D eigenvalue weighted by Crippen LogP contribution is -2.01. The zero-order valence-corrected chi connectivity index (χ0v) is 12.7. The molecule has 0 aliphatic carbocycles. The molecule has 2 aromatic rings. The highest BCUT2D eigenvalue weighted by atomic mass is 32.2. The van der Waals surface area contributed by atoms with Crippen molar-refractivity contribution in [3.8, 4) is 5.75 Å². The Labute approximate surface area is 129 Å². The van der Waals surface area contributed by atoms with E-state index in [1.807, 2.05) is 11.8 Å². The molecule has 4 heteroatoms. The Bertz CT molecular complexity index is 593. The van der Waals surface area contributed by atoms with Gasteiger partial charge < -0.3 is 9.84 Å². The van der Waals surface area contributed by atoms with Crippen LogP contribution in [0.2, 0.25) is 0 Å².